The largest absolute Gasteiger partial charge is 0.480 e. The summed E-state index contributed by atoms with van der Waals surface area (Å²) in [6.07, 6.45) is -13.1. The highest BCUT2D eigenvalue weighted by atomic mass is 16.4. The van der Waals surface area contributed by atoms with Crippen molar-refractivity contribution in [3.63, 3.8) is 0 Å². The molecule has 0 aliphatic carbocycles. The van der Waals surface area contributed by atoms with Crippen LogP contribution in [-0.4, -0.2) is 162 Å². The van der Waals surface area contributed by atoms with Gasteiger partial charge in [0.05, 0.1) is 25.4 Å². The Hall–Kier alpha value is -1.01. The number of aliphatic hydroxyl groups is 10. The van der Waals surface area contributed by atoms with Crippen molar-refractivity contribution in [1.82, 2.24) is 10.2 Å². The van der Waals surface area contributed by atoms with E-state index in [4.69, 9.17) is 15.3 Å². The van der Waals surface area contributed by atoms with Crippen LogP contribution in [-0.2, 0) is 4.79 Å². The molecular weight excluding hydrogens is 448 g/mol. The number of carboxylic acid groups (broad SMARTS) is 1. The summed E-state index contributed by atoms with van der Waals surface area (Å²) in [4.78, 5) is 12.4. The summed E-state index contributed by atoms with van der Waals surface area (Å²) in [6.45, 7) is -2.32. The Bertz CT molecular complexity index is 501. The molecule has 33 heavy (non-hydrogen) atoms. The van der Waals surface area contributed by atoms with Gasteiger partial charge in [0.25, 0.3) is 0 Å². The number of aliphatic hydroxyl groups excluding tert-OH is 10. The van der Waals surface area contributed by atoms with Gasteiger partial charge >= 0.3 is 5.97 Å². The van der Waals surface area contributed by atoms with Crippen LogP contribution in [0, 0.1) is 0 Å². The van der Waals surface area contributed by atoms with Gasteiger partial charge in [-0.05, 0) is 26.4 Å². The van der Waals surface area contributed by atoms with Gasteiger partial charge in [-0.2, -0.15) is 0 Å². The standard InChI is InChI=1S/C19H40N2O12/c1-20-10(19(32)33)4-2-3-5-21(6-11(24)15(28)17(30)13(26)8-22)7-12(25)16(29)18(31)14(27)9-23/h10-18,20,22-31H,2-9H2,1H3,(H,32,33)/t10-,11-,12-,13+,14+,15+,16+,17+,18+/m0/s1. The molecule has 0 spiro atoms. The third-order valence-corrected chi connectivity index (χ3v) is 5.41. The molecule has 0 aromatic carbocycles. The Balaban J connectivity index is 5.16. The summed E-state index contributed by atoms with van der Waals surface area (Å²) < 4.78 is 0. The number of hydrogen-bond donors (Lipinski definition) is 12. The van der Waals surface area contributed by atoms with E-state index in [2.05, 4.69) is 5.32 Å². The van der Waals surface area contributed by atoms with Gasteiger partial charge < -0.3 is 61.5 Å². The third kappa shape index (κ3) is 11.3. The van der Waals surface area contributed by atoms with E-state index in [1.165, 1.54) is 11.9 Å². The molecule has 0 heterocycles. The maximum Gasteiger partial charge on any atom is 0.320 e. The normalized spacial score (nSPS) is 20.5. The molecular formula is C19H40N2O12. The van der Waals surface area contributed by atoms with E-state index < -0.39 is 74.1 Å². The minimum Gasteiger partial charge on any atom is -0.480 e. The number of unbranched alkanes of at least 4 members (excludes halogenated alkanes) is 1. The molecule has 0 saturated carbocycles. The molecule has 0 rings (SSSR count). The molecule has 0 aromatic heterocycles. The van der Waals surface area contributed by atoms with E-state index in [0.717, 1.165) is 0 Å². The minimum atomic E-state index is -1.86. The van der Waals surface area contributed by atoms with Crippen molar-refractivity contribution in [3.05, 3.63) is 0 Å². The Morgan fingerprint density at radius 2 is 1.12 bits per heavy atom. The van der Waals surface area contributed by atoms with Gasteiger partial charge in [-0.15, -0.1) is 0 Å². The Labute approximate surface area is 192 Å². The lowest BCUT2D eigenvalue weighted by molar-refractivity contribution is -0.139. The van der Waals surface area contributed by atoms with Gasteiger partial charge in [0.15, 0.2) is 0 Å². The predicted octanol–water partition coefficient (Wildman–Crippen LogP) is -6.00. The fourth-order valence-corrected chi connectivity index (χ4v) is 3.20. The second kappa shape index (κ2) is 16.6. The number of aliphatic carboxylic acids is 1. The fourth-order valence-electron chi connectivity index (χ4n) is 3.20. The number of carbonyl (C=O) groups is 1. The predicted molar refractivity (Wildman–Crippen MR) is 113 cm³/mol. The monoisotopic (exact) mass is 488 g/mol. The summed E-state index contributed by atoms with van der Waals surface area (Å²) >= 11 is 0. The average molecular weight is 489 g/mol. The number of nitrogens with one attached hydrogen (secondary N) is 1. The first-order valence-electron chi connectivity index (χ1n) is 10.7. The second-order valence-corrected chi connectivity index (χ2v) is 8.03. The molecule has 0 radical (unpaired) electrons. The molecule has 14 heteroatoms. The molecule has 0 amide bonds. The highest BCUT2D eigenvalue weighted by molar-refractivity contribution is 5.73. The highest BCUT2D eigenvalue weighted by Gasteiger charge is 2.34. The zero-order valence-electron chi connectivity index (χ0n) is 18.6. The van der Waals surface area contributed by atoms with Crippen LogP contribution in [0.25, 0.3) is 0 Å². The molecule has 0 fully saturated rings. The molecule has 0 bridgehead atoms. The van der Waals surface area contributed by atoms with Gasteiger partial charge in [-0.1, -0.05) is 6.42 Å². The van der Waals surface area contributed by atoms with Crippen LogP contribution >= 0.6 is 0 Å². The molecule has 9 atom stereocenters. The van der Waals surface area contributed by atoms with Crippen molar-refractivity contribution in [3.8, 4) is 0 Å². The fraction of sp³-hybridized carbons (Fsp3) is 0.947. The zero-order chi connectivity index (χ0) is 25.7. The maximum absolute atomic E-state index is 11.1. The molecule has 14 nitrogen and oxygen atoms in total. The van der Waals surface area contributed by atoms with E-state index in [-0.39, 0.29) is 26.1 Å². The summed E-state index contributed by atoms with van der Waals surface area (Å²) in [7, 11) is 1.50. The van der Waals surface area contributed by atoms with E-state index >= 15 is 0 Å². The maximum atomic E-state index is 11.1. The zero-order valence-corrected chi connectivity index (χ0v) is 18.6. The first-order chi connectivity index (χ1) is 15.4. The van der Waals surface area contributed by atoms with Crippen LogP contribution in [0.15, 0.2) is 0 Å². The molecule has 0 aliphatic rings. The molecule has 0 unspecified atom stereocenters. The lowest BCUT2D eigenvalue weighted by Gasteiger charge is -2.33. The lowest BCUT2D eigenvalue weighted by atomic mass is 10.0. The lowest BCUT2D eigenvalue weighted by Crippen LogP contribution is -2.53. The number of rotatable bonds is 19. The number of nitrogens with zero attached hydrogens (tertiary/aromatic N) is 1. The van der Waals surface area contributed by atoms with Crippen molar-refractivity contribution in [2.24, 2.45) is 0 Å². The van der Waals surface area contributed by atoms with Gasteiger partial charge in [-0.25, -0.2) is 0 Å². The Morgan fingerprint density at radius 1 is 0.727 bits per heavy atom. The third-order valence-electron chi connectivity index (χ3n) is 5.41. The van der Waals surface area contributed by atoms with Crippen molar-refractivity contribution in [1.29, 1.82) is 0 Å². The quantitative estimate of drug-likeness (QED) is 0.0756. The van der Waals surface area contributed by atoms with Crippen molar-refractivity contribution in [2.45, 2.75) is 74.1 Å². The topological polar surface area (TPSA) is 255 Å². The van der Waals surface area contributed by atoms with E-state index in [0.29, 0.717) is 12.8 Å². The van der Waals surface area contributed by atoms with Gasteiger partial charge in [-0.3, -0.25) is 9.69 Å². The van der Waals surface area contributed by atoms with Crippen molar-refractivity contribution < 1.29 is 61.0 Å². The molecule has 0 saturated heterocycles. The second-order valence-electron chi connectivity index (χ2n) is 8.03. The highest BCUT2D eigenvalue weighted by Crippen LogP contribution is 2.12. The molecule has 0 aromatic rings. The molecule has 198 valence electrons. The summed E-state index contributed by atoms with van der Waals surface area (Å²) in [5.74, 6) is -1.03. The summed E-state index contributed by atoms with van der Waals surface area (Å²) in [5.41, 5.74) is 0. The summed E-state index contributed by atoms with van der Waals surface area (Å²) in [6, 6.07) is -0.775. The van der Waals surface area contributed by atoms with Crippen molar-refractivity contribution in [2.75, 3.05) is 39.9 Å². The number of hydrogen-bond acceptors (Lipinski definition) is 13. The van der Waals surface area contributed by atoms with Crippen LogP contribution in [0.5, 0.6) is 0 Å². The minimum absolute atomic E-state index is 0.140. The Kier molecular flexibility index (Phi) is 16.1. The smallest absolute Gasteiger partial charge is 0.320 e. The van der Waals surface area contributed by atoms with Crippen LogP contribution in [0.2, 0.25) is 0 Å². The molecule has 0 aliphatic heterocycles. The van der Waals surface area contributed by atoms with E-state index in [9.17, 15) is 45.6 Å². The molecule has 12 N–H and O–H groups in total. The van der Waals surface area contributed by atoms with Crippen LogP contribution in [0.4, 0.5) is 0 Å². The van der Waals surface area contributed by atoms with E-state index in [1.807, 2.05) is 0 Å². The number of likely N-dealkylation sites (N-methyl/N-ethyl adjacent to an activating group) is 1. The van der Waals surface area contributed by atoms with Crippen molar-refractivity contribution >= 4 is 5.97 Å². The van der Waals surface area contributed by atoms with Crippen LogP contribution in [0.3, 0.4) is 0 Å². The SMILES string of the molecule is CN[C@@H](CCCCN(C[C@H](O)[C@@H](O)[C@H](O)[C@H](O)CO)C[C@H](O)[C@@H](O)[C@H](O)[C@H](O)CO)C(=O)O. The Morgan fingerprint density at radius 3 is 1.45 bits per heavy atom. The average Bonchev–Trinajstić information content (AvgIpc) is 2.80. The van der Waals surface area contributed by atoms with Gasteiger partial charge in [0, 0.05) is 13.1 Å². The number of carboxylic acids is 1. The van der Waals surface area contributed by atoms with Crippen LogP contribution in [0.1, 0.15) is 19.3 Å². The van der Waals surface area contributed by atoms with Crippen LogP contribution < -0.4 is 5.32 Å². The summed E-state index contributed by atoms with van der Waals surface area (Å²) in [5, 5.41) is 108. The van der Waals surface area contributed by atoms with Gasteiger partial charge in [0.1, 0.15) is 42.7 Å². The van der Waals surface area contributed by atoms with E-state index in [1.54, 1.807) is 0 Å². The van der Waals surface area contributed by atoms with Gasteiger partial charge in [0.2, 0.25) is 0 Å². The first kappa shape index (κ1) is 32.0. The first-order valence-corrected chi connectivity index (χ1v) is 10.7.